The molecule has 160 valence electrons. The fourth-order valence-corrected chi connectivity index (χ4v) is 4.19. The van der Waals surface area contributed by atoms with E-state index in [1.807, 2.05) is 42.5 Å². The summed E-state index contributed by atoms with van der Waals surface area (Å²) in [5, 5.41) is 10.5. The summed E-state index contributed by atoms with van der Waals surface area (Å²) in [4.78, 5) is 8.74. The Morgan fingerprint density at radius 3 is 2.65 bits per heavy atom. The highest BCUT2D eigenvalue weighted by molar-refractivity contribution is 7.70. The molecule has 3 aromatic rings. The molecule has 0 aliphatic heterocycles. The SMILES string of the molecule is [CH+]=CCNc1ccc(Nc2ncc(Cl)c(Nc3ccccc3P(C)(C)=O)n2)c(OC)c1. The molecule has 0 fully saturated rings. The van der Waals surface area contributed by atoms with E-state index in [1.165, 1.54) is 12.3 Å². The van der Waals surface area contributed by atoms with Crippen LogP contribution in [0.15, 0.2) is 54.7 Å². The van der Waals surface area contributed by atoms with Gasteiger partial charge in [-0.25, -0.2) is 4.98 Å². The van der Waals surface area contributed by atoms with Crippen LogP contribution in [0.4, 0.5) is 28.8 Å². The molecular formula is C22H24ClN5O2P+. The van der Waals surface area contributed by atoms with Crippen LogP contribution in [0.25, 0.3) is 0 Å². The maximum Gasteiger partial charge on any atom is 0.229 e. The second kappa shape index (κ2) is 9.80. The van der Waals surface area contributed by atoms with Crippen molar-refractivity contribution in [2.45, 2.75) is 0 Å². The number of rotatable bonds is 9. The first-order valence-electron chi connectivity index (χ1n) is 9.48. The number of aromatic nitrogens is 2. The maximum absolute atomic E-state index is 12.6. The Balaban J connectivity index is 1.87. The van der Waals surface area contributed by atoms with Gasteiger partial charge in [0.05, 0.1) is 31.2 Å². The molecule has 0 radical (unpaired) electrons. The van der Waals surface area contributed by atoms with Crippen molar-refractivity contribution in [1.82, 2.24) is 9.97 Å². The number of hydrogen-bond acceptors (Lipinski definition) is 7. The average molecular weight is 457 g/mol. The van der Waals surface area contributed by atoms with E-state index in [1.54, 1.807) is 20.4 Å². The average Bonchev–Trinajstić information content (AvgIpc) is 2.75. The lowest BCUT2D eigenvalue weighted by Crippen LogP contribution is -2.11. The number of anilines is 5. The Hall–Kier alpha value is -3.11. The Morgan fingerprint density at radius 1 is 1.16 bits per heavy atom. The van der Waals surface area contributed by atoms with E-state index < -0.39 is 7.14 Å². The number of methoxy groups -OCH3 is 1. The molecular weight excluding hydrogens is 433 g/mol. The quantitative estimate of drug-likeness (QED) is 0.298. The molecule has 2 aromatic carbocycles. The van der Waals surface area contributed by atoms with Gasteiger partial charge < -0.3 is 25.3 Å². The number of halogens is 1. The molecule has 3 rings (SSSR count). The second-order valence-corrected chi connectivity index (χ2v) is 10.6. The lowest BCUT2D eigenvalue weighted by atomic mass is 10.2. The second-order valence-electron chi connectivity index (χ2n) is 7.04. The third kappa shape index (κ3) is 5.74. The largest absolute Gasteiger partial charge is 0.494 e. The van der Waals surface area contributed by atoms with Crippen LogP contribution >= 0.6 is 18.7 Å². The summed E-state index contributed by atoms with van der Waals surface area (Å²) < 4.78 is 18.1. The van der Waals surface area contributed by atoms with Crippen LogP contribution in [0.1, 0.15) is 0 Å². The number of para-hydroxylation sites is 1. The number of ether oxygens (including phenoxy) is 1. The highest BCUT2D eigenvalue weighted by atomic mass is 35.5. The zero-order chi connectivity index (χ0) is 22.4. The molecule has 0 aliphatic carbocycles. The Kier molecular flexibility index (Phi) is 7.13. The van der Waals surface area contributed by atoms with Crippen LogP contribution < -0.4 is 26.0 Å². The normalized spacial score (nSPS) is 10.9. The van der Waals surface area contributed by atoms with Crippen LogP contribution in [0.5, 0.6) is 5.75 Å². The van der Waals surface area contributed by atoms with Crippen LogP contribution in [0.2, 0.25) is 5.02 Å². The minimum absolute atomic E-state index is 0.329. The van der Waals surface area contributed by atoms with Crippen LogP contribution in [-0.2, 0) is 4.57 Å². The minimum atomic E-state index is -2.50. The topological polar surface area (TPSA) is 88.2 Å². The summed E-state index contributed by atoms with van der Waals surface area (Å²) in [5.41, 5.74) is 2.24. The van der Waals surface area contributed by atoms with Crippen molar-refractivity contribution in [1.29, 1.82) is 0 Å². The molecule has 0 atom stereocenters. The number of benzene rings is 2. The van der Waals surface area contributed by atoms with E-state index in [0.717, 1.165) is 11.0 Å². The molecule has 9 heteroatoms. The third-order valence-electron chi connectivity index (χ3n) is 4.35. The van der Waals surface area contributed by atoms with Crippen molar-refractivity contribution in [2.75, 3.05) is 42.9 Å². The highest BCUT2D eigenvalue weighted by Crippen LogP contribution is 2.38. The van der Waals surface area contributed by atoms with Gasteiger partial charge in [-0.05, 0) is 37.6 Å². The highest BCUT2D eigenvalue weighted by Gasteiger charge is 2.17. The first-order chi connectivity index (χ1) is 14.8. The van der Waals surface area contributed by atoms with Crippen molar-refractivity contribution >= 4 is 52.9 Å². The molecule has 3 N–H and O–H groups in total. The van der Waals surface area contributed by atoms with Crippen LogP contribution in [0, 0.1) is 6.58 Å². The lowest BCUT2D eigenvalue weighted by molar-refractivity contribution is 0.417. The van der Waals surface area contributed by atoms with Gasteiger partial charge in [0.25, 0.3) is 0 Å². The van der Waals surface area contributed by atoms with Gasteiger partial charge in [0.1, 0.15) is 17.9 Å². The zero-order valence-corrected chi connectivity index (χ0v) is 19.2. The monoisotopic (exact) mass is 456 g/mol. The van der Waals surface area contributed by atoms with Crippen molar-refractivity contribution in [2.24, 2.45) is 0 Å². The van der Waals surface area contributed by atoms with Crippen molar-refractivity contribution in [3.8, 4) is 5.75 Å². The van der Waals surface area contributed by atoms with E-state index in [-0.39, 0.29) is 0 Å². The Morgan fingerprint density at radius 2 is 1.94 bits per heavy atom. The van der Waals surface area contributed by atoms with Crippen LogP contribution in [0.3, 0.4) is 0 Å². The Bertz CT molecular complexity index is 1130. The van der Waals surface area contributed by atoms with Gasteiger partial charge in [-0.3, -0.25) is 0 Å². The fourth-order valence-electron chi connectivity index (χ4n) is 2.89. The van der Waals surface area contributed by atoms with Gasteiger partial charge in [0, 0.05) is 17.1 Å². The van der Waals surface area contributed by atoms with E-state index in [9.17, 15) is 4.57 Å². The summed E-state index contributed by atoms with van der Waals surface area (Å²) in [7, 11) is -0.912. The molecule has 0 saturated carbocycles. The third-order valence-corrected chi connectivity index (χ3v) is 6.18. The first kappa shape index (κ1) is 22.6. The molecule has 0 aliphatic rings. The summed E-state index contributed by atoms with van der Waals surface area (Å²) >= 11 is 6.31. The first-order valence-corrected chi connectivity index (χ1v) is 12.5. The van der Waals surface area contributed by atoms with Gasteiger partial charge in [-0.15, -0.1) is 0 Å². The van der Waals surface area contributed by atoms with E-state index in [4.69, 9.17) is 22.9 Å². The van der Waals surface area contributed by atoms with Gasteiger partial charge in [0.2, 0.25) is 12.5 Å². The zero-order valence-electron chi connectivity index (χ0n) is 17.5. The molecule has 0 saturated heterocycles. The molecule has 0 amide bonds. The summed E-state index contributed by atoms with van der Waals surface area (Å²) in [6, 6.07) is 13.0. The predicted octanol–water partition coefficient (Wildman–Crippen LogP) is 5.27. The van der Waals surface area contributed by atoms with Crippen molar-refractivity contribution in [3.05, 3.63) is 66.3 Å². The van der Waals surface area contributed by atoms with Crippen molar-refractivity contribution in [3.63, 3.8) is 0 Å². The molecule has 0 bridgehead atoms. The Labute approximate surface area is 187 Å². The molecule has 1 heterocycles. The van der Waals surface area contributed by atoms with E-state index in [2.05, 4.69) is 25.9 Å². The number of nitrogens with one attached hydrogen (secondary N) is 3. The van der Waals surface area contributed by atoms with E-state index in [0.29, 0.717) is 40.5 Å². The van der Waals surface area contributed by atoms with Gasteiger partial charge in [-0.2, -0.15) is 4.98 Å². The maximum atomic E-state index is 12.6. The lowest BCUT2D eigenvalue weighted by Gasteiger charge is -2.16. The molecule has 7 nitrogen and oxygen atoms in total. The van der Waals surface area contributed by atoms with Gasteiger partial charge in [0.15, 0.2) is 11.9 Å². The minimum Gasteiger partial charge on any atom is -0.494 e. The summed E-state index contributed by atoms with van der Waals surface area (Å²) in [5.74, 6) is 1.34. The van der Waals surface area contributed by atoms with Crippen molar-refractivity contribution < 1.29 is 9.30 Å². The van der Waals surface area contributed by atoms with Gasteiger partial charge in [-0.1, -0.05) is 23.7 Å². The molecule has 31 heavy (non-hydrogen) atoms. The fraction of sp³-hybridized carbons (Fsp3) is 0.182. The molecule has 0 unspecified atom stereocenters. The van der Waals surface area contributed by atoms with Gasteiger partial charge >= 0.3 is 0 Å². The smallest absolute Gasteiger partial charge is 0.229 e. The summed E-state index contributed by atoms with van der Waals surface area (Å²) in [6.07, 6.45) is 3.03. The standard InChI is InChI=1S/C22H24ClN5O2P/c1-5-12-24-15-10-11-17(19(13-15)30-2)27-22-25-14-16(23)21(28-22)26-18-8-6-7-9-20(18)31(3,4)29/h1,5-11,13-14,24H,12H2,2-4H3,(H2,25,26,27,28)/q+1. The molecule has 0 spiro atoms. The number of hydrogen-bond donors (Lipinski definition) is 3. The van der Waals surface area contributed by atoms with E-state index >= 15 is 0 Å². The molecule has 1 aromatic heterocycles. The number of nitrogens with zero attached hydrogens (tertiary/aromatic N) is 2. The van der Waals surface area contributed by atoms with Crippen LogP contribution in [-0.4, -0.2) is 37.0 Å². The predicted molar refractivity (Wildman–Crippen MR) is 129 cm³/mol. The summed E-state index contributed by atoms with van der Waals surface area (Å²) in [6.45, 7) is 9.39.